The van der Waals surface area contributed by atoms with Gasteiger partial charge in [-0.3, -0.25) is 9.59 Å². The number of aryl methyl sites for hydroxylation is 4. The Hall–Kier alpha value is -2.25. The summed E-state index contributed by atoms with van der Waals surface area (Å²) < 4.78 is 5.16. The van der Waals surface area contributed by atoms with Crippen LogP contribution in [0.25, 0.3) is 10.2 Å². The highest BCUT2D eigenvalue weighted by Gasteiger charge is 2.16. The molecule has 0 aliphatic rings. The van der Waals surface area contributed by atoms with Crippen molar-refractivity contribution in [3.63, 3.8) is 0 Å². The van der Waals surface area contributed by atoms with E-state index in [9.17, 15) is 9.59 Å². The van der Waals surface area contributed by atoms with Crippen LogP contribution in [0, 0.1) is 27.7 Å². The molecule has 27 heavy (non-hydrogen) atoms. The number of carbonyl (C=O) groups excluding carboxylic acids is 2. The number of ether oxygens (including phenoxy) is 1. The van der Waals surface area contributed by atoms with Crippen LogP contribution in [0.3, 0.4) is 0 Å². The Morgan fingerprint density at radius 1 is 1.15 bits per heavy atom. The fourth-order valence-electron chi connectivity index (χ4n) is 2.78. The molecule has 3 aromatic rings. The van der Waals surface area contributed by atoms with Crippen LogP contribution in [-0.2, 0) is 9.53 Å². The van der Waals surface area contributed by atoms with Gasteiger partial charge in [0.25, 0.3) is 0 Å². The van der Waals surface area contributed by atoms with Crippen LogP contribution < -0.4 is 0 Å². The molecule has 0 spiro atoms. The van der Waals surface area contributed by atoms with Crippen LogP contribution in [0.15, 0.2) is 29.6 Å². The van der Waals surface area contributed by atoms with Gasteiger partial charge in [-0.2, -0.15) is 0 Å². The quantitative estimate of drug-likeness (QED) is 0.264. The number of fused-ring (bicyclic) bond motifs is 1. The average molecular weight is 401 g/mol. The van der Waals surface area contributed by atoms with Gasteiger partial charge in [0.15, 0.2) is 6.61 Å². The van der Waals surface area contributed by atoms with E-state index >= 15 is 0 Å². The van der Waals surface area contributed by atoms with Crippen LogP contribution in [-0.4, -0.2) is 34.1 Å². The third kappa shape index (κ3) is 4.36. The minimum atomic E-state index is -0.436. The number of aromatic nitrogens is 2. The summed E-state index contributed by atoms with van der Waals surface area (Å²) >= 11 is 2.92. The highest BCUT2D eigenvalue weighted by Crippen LogP contribution is 2.34. The standard InChI is InChI=1S/C20H20N2O3S2/c1-11-5-6-15(12(2)7-11)16(23)8-25-17(24)9-26-19-18-13(3)14(4)27-20(18)22-10-21-19/h5-7,10H,8-9H2,1-4H3. The van der Waals surface area contributed by atoms with Crippen molar-refractivity contribution in [2.24, 2.45) is 0 Å². The summed E-state index contributed by atoms with van der Waals surface area (Å²) in [5, 5.41) is 1.75. The van der Waals surface area contributed by atoms with E-state index in [-0.39, 0.29) is 18.1 Å². The van der Waals surface area contributed by atoms with Crippen molar-refractivity contribution < 1.29 is 14.3 Å². The number of thioether (sulfide) groups is 1. The Morgan fingerprint density at radius 3 is 2.67 bits per heavy atom. The molecule has 0 saturated heterocycles. The number of hydrogen-bond donors (Lipinski definition) is 0. The minimum absolute atomic E-state index is 0.0978. The van der Waals surface area contributed by atoms with Crippen molar-refractivity contribution in [2.75, 3.05) is 12.4 Å². The smallest absolute Gasteiger partial charge is 0.316 e. The molecule has 2 heterocycles. The van der Waals surface area contributed by atoms with Gasteiger partial charge < -0.3 is 4.74 Å². The molecular weight excluding hydrogens is 380 g/mol. The number of esters is 1. The molecule has 1 aromatic carbocycles. The summed E-state index contributed by atoms with van der Waals surface area (Å²) in [5.74, 6) is -0.533. The number of thiophene rings is 1. The van der Waals surface area contributed by atoms with Gasteiger partial charge in [0.2, 0.25) is 5.78 Å². The van der Waals surface area contributed by atoms with Crippen LogP contribution in [0.5, 0.6) is 0 Å². The zero-order valence-electron chi connectivity index (χ0n) is 15.7. The summed E-state index contributed by atoms with van der Waals surface area (Å²) in [5.41, 5.74) is 3.70. The van der Waals surface area contributed by atoms with Gasteiger partial charge in [0.1, 0.15) is 16.2 Å². The molecule has 5 nitrogen and oxygen atoms in total. The van der Waals surface area contributed by atoms with E-state index in [1.54, 1.807) is 17.4 Å². The Kier molecular flexibility index (Phi) is 5.92. The molecule has 0 aliphatic heterocycles. The van der Waals surface area contributed by atoms with Crippen molar-refractivity contribution in [1.29, 1.82) is 0 Å². The molecule has 0 bridgehead atoms. The predicted octanol–water partition coefficient (Wildman–Crippen LogP) is 4.44. The second-order valence-electron chi connectivity index (χ2n) is 6.33. The summed E-state index contributed by atoms with van der Waals surface area (Å²) in [6.45, 7) is 7.67. The molecule has 0 radical (unpaired) electrons. The van der Waals surface area contributed by atoms with Gasteiger partial charge in [-0.25, -0.2) is 9.97 Å². The van der Waals surface area contributed by atoms with Crippen molar-refractivity contribution in [3.05, 3.63) is 51.7 Å². The van der Waals surface area contributed by atoms with E-state index in [0.29, 0.717) is 5.56 Å². The maximum Gasteiger partial charge on any atom is 0.316 e. The summed E-state index contributed by atoms with van der Waals surface area (Å²) in [4.78, 5) is 35.1. The first-order valence-corrected chi connectivity index (χ1v) is 10.3. The molecule has 0 fully saturated rings. The topological polar surface area (TPSA) is 69.2 Å². The van der Waals surface area contributed by atoms with Crippen LogP contribution in [0.1, 0.15) is 31.9 Å². The van der Waals surface area contributed by atoms with E-state index in [0.717, 1.165) is 31.9 Å². The molecule has 0 saturated carbocycles. The fourth-order valence-corrected chi connectivity index (χ4v) is 4.69. The molecule has 0 N–H and O–H groups in total. The molecule has 0 amide bonds. The molecule has 7 heteroatoms. The van der Waals surface area contributed by atoms with Gasteiger partial charge in [-0.15, -0.1) is 11.3 Å². The first-order chi connectivity index (χ1) is 12.9. The fraction of sp³-hybridized carbons (Fsp3) is 0.300. The van der Waals surface area contributed by atoms with Crippen molar-refractivity contribution in [1.82, 2.24) is 9.97 Å². The summed E-state index contributed by atoms with van der Waals surface area (Å²) in [6, 6.07) is 5.59. The molecule has 2 aromatic heterocycles. The highest BCUT2D eigenvalue weighted by molar-refractivity contribution is 8.00. The lowest BCUT2D eigenvalue weighted by molar-refractivity contribution is -0.139. The molecule has 0 unspecified atom stereocenters. The van der Waals surface area contributed by atoms with Gasteiger partial charge in [0, 0.05) is 15.8 Å². The Bertz CT molecular complexity index is 1030. The van der Waals surface area contributed by atoms with E-state index in [4.69, 9.17) is 4.74 Å². The summed E-state index contributed by atoms with van der Waals surface area (Å²) in [7, 11) is 0. The lowest BCUT2D eigenvalue weighted by atomic mass is 10.0. The minimum Gasteiger partial charge on any atom is -0.457 e. The molecular formula is C20H20N2O3S2. The van der Waals surface area contributed by atoms with Gasteiger partial charge in [0.05, 0.1) is 5.75 Å². The Morgan fingerprint density at radius 2 is 1.93 bits per heavy atom. The Balaban J connectivity index is 1.60. The molecule has 0 aliphatic carbocycles. The van der Waals surface area contributed by atoms with Gasteiger partial charge >= 0.3 is 5.97 Å². The second-order valence-corrected chi connectivity index (χ2v) is 8.50. The largest absolute Gasteiger partial charge is 0.457 e. The first-order valence-electron chi connectivity index (χ1n) is 8.46. The number of rotatable bonds is 6. The monoisotopic (exact) mass is 400 g/mol. The SMILES string of the molecule is Cc1ccc(C(=O)COC(=O)CSc2ncnc3sc(C)c(C)c23)c(C)c1. The zero-order valence-corrected chi connectivity index (χ0v) is 17.3. The van der Waals surface area contributed by atoms with Crippen molar-refractivity contribution in [2.45, 2.75) is 32.7 Å². The maximum absolute atomic E-state index is 12.3. The normalized spacial score (nSPS) is 11.0. The maximum atomic E-state index is 12.3. The third-order valence-corrected chi connectivity index (χ3v) is 6.38. The van der Waals surface area contributed by atoms with Gasteiger partial charge in [-0.05, 0) is 38.8 Å². The molecule has 0 atom stereocenters. The van der Waals surface area contributed by atoms with Crippen molar-refractivity contribution in [3.8, 4) is 0 Å². The van der Waals surface area contributed by atoms with Crippen LogP contribution in [0.4, 0.5) is 0 Å². The number of hydrogen-bond acceptors (Lipinski definition) is 7. The highest BCUT2D eigenvalue weighted by atomic mass is 32.2. The summed E-state index contributed by atoms with van der Waals surface area (Å²) in [6.07, 6.45) is 1.51. The number of nitrogens with zero attached hydrogens (tertiary/aromatic N) is 2. The van der Waals surface area contributed by atoms with E-state index < -0.39 is 5.97 Å². The first kappa shape index (κ1) is 19.5. The van der Waals surface area contributed by atoms with Crippen molar-refractivity contribution >= 4 is 45.1 Å². The number of Topliss-reactive ketones (excluding diaryl/α,β-unsaturated/α-hetero) is 1. The van der Waals surface area contributed by atoms with Crippen LogP contribution in [0.2, 0.25) is 0 Å². The lowest BCUT2D eigenvalue weighted by Gasteiger charge is -2.07. The van der Waals surface area contributed by atoms with Crippen LogP contribution >= 0.6 is 23.1 Å². The predicted molar refractivity (Wildman–Crippen MR) is 109 cm³/mol. The van der Waals surface area contributed by atoms with Gasteiger partial charge in [-0.1, -0.05) is 35.5 Å². The number of benzene rings is 1. The Labute approximate surface area is 166 Å². The molecule has 3 rings (SSSR count). The average Bonchev–Trinajstić information content (AvgIpc) is 2.92. The lowest BCUT2D eigenvalue weighted by Crippen LogP contribution is -2.16. The van der Waals surface area contributed by atoms with E-state index in [1.807, 2.05) is 39.8 Å². The number of carbonyl (C=O) groups is 2. The zero-order chi connectivity index (χ0) is 19.6. The van der Waals surface area contributed by atoms with E-state index in [2.05, 4.69) is 9.97 Å². The van der Waals surface area contributed by atoms with E-state index in [1.165, 1.54) is 23.0 Å². The molecule has 140 valence electrons. The third-order valence-electron chi connectivity index (χ3n) is 4.30. The second kappa shape index (κ2) is 8.19. The number of ketones is 1.